The second-order valence-corrected chi connectivity index (χ2v) is 5.03. The molecule has 2 N–H and O–H groups in total. The van der Waals surface area contributed by atoms with E-state index in [1.165, 1.54) is 24.3 Å². The fourth-order valence-corrected chi connectivity index (χ4v) is 1.83. The number of nitrogens with one attached hydrogen (secondary N) is 2. The lowest BCUT2D eigenvalue weighted by Crippen LogP contribution is -1.93. The maximum atomic E-state index is 10.5. The van der Waals surface area contributed by atoms with E-state index in [9.17, 15) is 20.2 Å². The molecule has 0 spiro atoms. The lowest BCUT2D eigenvalue weighted by atomic mass is 10.3. The predicted octanol–water partition coefficient (Wildman–Crippen LogP) is 3.78. The number of non-ortho nitro benzene ring substituents is 2. The second kappa shape index (κ2) is 9.47. The van der Waals surface area contributed by atoms with Gasteiger partial charge in [0.2, 0.25) is 0 Å². The van der Waals surface area contributed by atoms with Gasteiger partial charge in [0.1, 0.15) is 0 Å². The minimum atomic E-state index is -0.461. The van der Waals surface area contributed by atoms with Gasteiger partial charge in [-0.05, 0) is 37.1 Å². The van der Waals surface area contributed by atoms with Crippen molar-refractivity contribution in [3.05, 3.63) is 68.8 Å². The van der Waals surface area contributed by atoms with Crippen molar-refractivity contribution in [1.82, 2.24) is 0 Å². The number of nitrogens with zero attached hydrogens (tertiary/aromatic N) is 4. The molecule has 0 atom stereocenters. The Morgan fingerprint density at radius 2 is 1.08 bits per heavy atom. The highest BCUT2D eigenvalue weighted by Crippen LogP contribution is 2.16. The number of hydrogen-bond acceptors (Lipinski definition) is 8. The van der Waals surface area contributed by atoms with Gasteiger partial charge in [0, 0.05) is 36.7 Å². The van der Waals surface area contributed by atoms with E-state index in [1.807, 2.05) is 0 Å². The highest BCUT2D eigenvalue weighted by molar-refractivity contribution is 5.67. The Balaban J connectivity index is 1.66. The number of benzene rings is 2. The molecule has 10 nitrogen and oxygen atoms in total. The van der Waals surface area contributed by atoms with E-state index >= 15 is 0 Å². The van der Waals surface area contributed by atoms with Crippen molar-refractivity contribution in [3.63, 3.8) is 0 Å². The van der Waals surface area contributed by atoms with Crippen molar-refractivity contribution in [2.24, 2.45) is 10.2 Å². The molecule has 0 unspecified atom stereocenters. The number of unbranched alkanes of at least 4 members (excludes halogenated alkanes) is 1. The minimum Gasteiger partial charge on any atom is -0.279 e. The quantitative estimate of drug-likeness (QED) is 0.304. The topological polar surface area (TPSA) is 135 Å². The van der Waals surface area contributed by atoms with E-state index < -0.39 is 9.85 Å². The van der Waals surface area contributed by atoms with Gasteiger partial charge in [-0.1, -0.05) is 0 Å². The third-order valence-electron chi connectivity index (χ3n) is 3.15. The van der Waals surface area contributed by atoms with Crippen LogP contribution in [0.15, 0.2) is 58.7 Å². The first-order chi connectivity index (χ1) is 12.6. The Kier molecular flexibility index (Phi) is 6.74. The zero-order valence-electron chi connectivity index (χ0n) is 13.6. The molecule has 2 aromatic rings. The van der Waals surface area contributed by atoms with Gasteiger partial charge in [0.15, 0.2) is 0 Å². The normalized spacial score (nSPS) is 10.9. The Bertz CT molecular complexity index is 733. The molecule has 0 bridgehead atoms. The SMILES string of the molecule is O=[N+]([O-])c1ccc(N/N=C\CC/C=N\Nc2ccc([N+](=O)[O-])cc2)cc1. The van der Waals surface area contributed by atoms with Gasteiger partial charge in [-0.3, -0.25) is 31.1 Å². The number of anilines is 2. The lowest BCUT2D eigenvalue weighted by molar-refractivity contribution is -0.385. The van der Waals surface area contributed by atoms with Crippen molar-refractivity contribution >= 4 is 35.2 Å². The molecule has 0 radical (unpaired) electrons. The molecule has 0 aromatic heterocycles. The smallest absolute Gasteiger partial charge is 0.269 e. The van der Waals surface area contributed by atoms with Crippen LogP contribution in [0.5, 0.6) is 0 Å². The summed E-state index contributed by atoms with van der Waals surface area (Å²) in [5.74, 6) is 0. The van der Waals surface area contributed by atoms with Crippen molar-refractivity contribution in [2.75, 3.05) is 10.9 Å². The Morgan fingerprint density at radius 1 is 0.731 bits per heavy atom. The molecular weight excluding hydrogens is 340 g/mol. The number of hydrogen-bond donors (Lipinski definition) is 2. The Labute approximate surface area is 148 Å². The molecule has 0 aliphatic carbocycles. The zero-order valence-corrected chi connectivity index (χ0v) is 13.6. The van der Waals surface area contributed by atoms with Crippen LogP contribution < -0.4 is 10.9 Å². The molecule has 0 aliphatic rings. The van der Waals surface area contributed by atoms with Gasteiger partial charge < -0.3 is 0 Å². The molecule has 0 amide bonds. The molecule has 10 heteroatoms. The number of hydrazone groups is 2. The van der Waals surface area contributed by atoms with Gasteiger partial charge in [-0.15, -0.1) is 0 Å². The van der Waals surface area contributed by atoms with E-state index in [2.05, 4.69) is 21.1 Å². The Morgan fingerprint density at radius 3 is 1.38 bits per heavy atom. The van der Waals surface area contributed by atoms with Crippen LogP contribution >= 0.6 is 0 Å². The molecule has 0 fully saturated rings. The third-order valence-corrected chi connectivity index (χ3v) is 3.15. The molecule has 0 heterocycles. The molecule has 0 saturated heterocycles. The first-order valence-corrected chi connectivity index (χ1v) is 7.60. The largest absolute Gasteiger partial charge is 0.279 e. The monoisotopic (exact) mass is 356 g/mol. The molecular formula is C16H16N6O4. The average Bonchev–Trinajstić information content (AvgIpc) is 2.64. The molecule has 2 rings (SSSR count). The fourth-order valence-electron chi connectivity index (χ4n) is 1.83. The van der Waals surface area contributed by atoms with Gasteiger partial charge in [-0.25, -0.2) is 0 Å². The summed E-state index contributed by atoms with van der Waals surface area (Å²) in [5, 5.41) is 29.1. The zero-order chi connectivity index (χ0) is 18.8. The van der Waals surface area contributed by atoms with Gasteiger partial charge in [0.25, 0.3) is 11.4 Å². The summed E-state index contributed by atoms with van der Waals surface area (Å²) in [6.45, 7) is 0. The van der Waals surface area contributed by atoms with Crippen LogP contribution in [0.4, 0.5) is 22.7 Å². The van der Waals surface area contributed by atoms with E-state index in [1.54, 1.807) is 36.7 Å². The van der Waals surface area contributed by atoms with Crippen LogP contribution in [-0.4, -0.2) is 22.3 Å². The number of nitro groups is 2. The summed E-state index contributed by atoms with van der Waals surface area (Å²) in [6.07, 6.45) is 4.62. The van der Waals surface area contributed by atoms with E-state index in [4.69, 9.17) is 0 Å². The van der Waals surface area contributed by atoms with Crippen LogP contribution in [-0.2, 0) is 0 Å². The predicted molar refractivity (Wildman–Crippen MR) is 99.7 cm³/mol. The van der Waals surface area contributed by atoms with Crippen molar-refractivity contribution in [2.45, 2.75) is 12.8 Å². The summed E-state index contributed by atoms with van der Waals surface area (Å²) in [7, 11) is 0. The molecule has 2 aromatic carbocycles. The van der Waals surface area contributed by atoms with Crippen molar-refractivity contribution in [3.8, 4) is 0 Å². The lowest BCUT2D eigenvalue weighted by Gasteiger charge is -1.99. The first kappa shape index (κ1) is 18.5. The van der Waals surface area contributed by atoms with Crippen molar-refractivity contribution in [1.29, 1.82) is 0 Å². The van der Waals surface area contributed by atoms with Crippen LogP contribution in [0.2, 0.25) is 0 Å². The van der Waals surface area contributed by atoms with E-state index in [0.29, 0.717) is 24.2 Å². The number of rotatable bonds is 9. The molecule has 26 heavy (non-hydrogen) atoms. The van der Waals surface area contributed by atoms with E-state index in [-0.39, 0.29) is 11.4 Å². The highest BCUT2D eigenvalue weighted by atomic mass is 16.6. The van der Waals surface area contributed by atoms with Crippen LogP contribution in [0.1, 0.15) is 12.8 Å². The highest BCUT2D eigenvalue weighted by Gasteiger charge is 2.03. The molecule has 0 saturated carbocycles. The van der Waals surface area contributed by atoms with Crippen LogP contribution in [0.25, 0.3) is 0 Å². The molecule has 0 aliphatic heterocycles. The van der Waals surface area contributed by atoms with Crippen molar-refractivity contribution < 1.29 is 9.85 Å². The Hall–Kier alpha value is -3.82. The minimum absolute atomic E-state index is 0.0243. The third kappa shape index (κ3) is 6.00. The average molecular weight is 356 g/mol. The summed E-state index contributed by atoms with van der Waals surface area (Å²) in [5.41, 5.74) is 6.90. The standard InChI is InChI=1S/C16H16N6O4/c23-21(24)15-7-3-13(4-8-15)19-17-11-1-2-12-18-20-14-5-9-16(10-6-14)22(25)26/h3-12,19-20H,1-2H2/b17-11-,18-12-. The number of nitro benzene ring substituents is 2. The van der Waals surface area contributed by atoms with Gasteiger partial charge in [0.05, 0.1) is 21.2 Å². The fraction of sp³-hybridized carbons (Fsp3) is 0.125. The van der Waals surface area contributed by atoms with Gasteiger partial charge >= 0.3 is 0 Å². The summed E-state index contributed by atoms with van der Waals surface area (Å²) in [4.78, 5) is 20.2. The summed E-state index contributed by atoms with van der Waals surface area (Å²) in [6, 6.07) is 11.9. The molecule has 134 valence electrons. The van der Waals surface area contributed by atoms with Crippen LogP contribution in [0, 0.1) is 20.2 Å². The summed E-state index contributed by atoms with van der Waals surface area (Å²) < 4.78 is 0. The van der Waals surface area contributed by atoms with Gasteiger partial charge in [-0.2, -0.15) is 10.2 Å². The van der Waals surface area contributed by atoms with E-state index in [0.717, 1.165) is 0 Å². The maximum Gasteiger partial charge on any atom is 0.269 e. The van der Waals surface area contributed by atoms with Crippen LogP contribution in [0.3, 0.4) is 0 Å². The maximum absolute atomic E-state index is 10.5. The second-order valence-electron chi connectivity index (χ2n) is 5.03. The first-order valence-electron chi connectivity index (χ1n) is 7.60. The summed E-state index contributed by atoms with van der Waals surface area (Å²) >= 11 is 0.